The highest BCUT2D eigenvalue weighted by molar-refractivity contribution is 5.89. The third kappa shape index (κ3) is 5.24. The normalized spacial score (nSPS) is 16.4. The van der Waals surface area contributed by atoms with E-state index in [1.165, 1.54) is 4.80 Å². The first-order chi connectivity index (χ1) is 12.2. The zero-order valence-electron chi connectivity index (χ0n) is 13.8. The van der Waals surface area contributed by atoms with Gasteiger partial charge in [0.15, 0.2) is 0 Å². The van der Waals surface area contributed by atoms with E-state index in [-0.39, 0.29) is 12.6 Å². The Bertz CT molecular complexity index is 655. The Balaban J connectivity index is 1.41. The molecule has 1 saturated heterocycles. The topological polar surface area (TPSA) is 105 Å². The number of aliphatic hydroxyl groups excluding tert-OH is 1. The highest BCUT2D eigenvalue weighted by Gasteiger charge is 2.15. The summed E-state index contributed by atoms with van der Waals surface area (Å²) in [4.78, 5) is 15.5. The molecular formula is C16H22N6O3. The van der Waals surface area contributed by atoms with Crippen LogP contribution in [0.4, 0.5) is 10.5 Å². The van der Waals surface area contributed by atoms with Crippen molar-refractivity contribution in [2.45, 2.75) is 6.10 Å². The van der Waals surface area contributed by atoms with Crippen molar-refractivity contribution < 1.29 is 14.6 Å². The molecule has 3 N–H and O–H groups in total. The molecule has 1 aromatic heterocycles. The molecule has 2 amide bonds. The third-order valence-electron chi connectivity index (χ3n) is 3.85. The Morgan fingerprint density at radius 1 is 1.20 bits per heavy atom. The molecule has 0 unspecified atom stereocenters. The number of aliphatic hydroxyl groups is 1. The summed E-state index contributed by atoms with van der Waals surface area (Å²) in [5.74, 6) is 0. The lowest BCUT2D eigenvalue weighted by molar-refractivity contribution is 0.0154. The molecule has 2 aromatic rings. The standard InChI is InChI=1S/C16H22N6O3/c23-15(12-21-7-9-25-10-8-21)11-17-16(24)20-13-1-3-14(4-2-13)22-18-5-6-19-22/h1-6,15,23H,7-12H2,(H2,17,20,24)/t15-/m1/s1. The number of hydrogen-bond donors (Lipinski definition) is 3. The average Bonchev–Trinajstić information content (AvgIpc) is 3.16. The molecule has 1 atom stereocenters. The van der Waals surface area contributed by atoms with Gasteiger partial charge in [0.25, 0.3) is 0 Å². The minimum absolute atomic E-state index is 0.193. The smallest absolute Gasteiger partial charge is 0.319 e. The number of benzene rings is 1. The van der Waals surface area contributed by atoms with Crippen molar-refractivity contribution in [3.63, 3.8) is 0 Å². The summed E-state index contributed by atoms with van der Waals surface area (Å²) in [6.07, 6.45) is 2.58. The van der Waals surface area contributed by atoms with Gasteiger partial charge in [0.2, 0.25) is 0 Å². The van der Waals surface area contributed by atoms with E-state index in [1.54, 1.807) is 24.5 Å². The maximum absolute atomic E-state index is 11.9. The molecule has 1 aromatic carbocycles. The zero-order chi connectivity index (χ0) is 17.5. The van der Waals surface area contributed by atoms with Gasteiger partial charge >= 0.3 is 6.03 Å². The van der Waals surface area contributed by atoms with Gasteiger partial charge in [-0.3, -0.25) is 4.90 Å². The lowest BCUT2D eigenvalue weighted by atomic mass is 10.3. The van der Waals surface area contributed by atoms with Crippen molar-refractivity contribution in [1.82, 2.24) is 25.2 Å². The number of rotatable bonds is 6. The van der Waals surface area contributed by atoms with Crippen LogP contribution in [-0.2, 0) is 4.74 Å². The van der Waals surface area contributed by atoms with E-state index >= 15 is 0 Å². The predicted octanol–water partition coefficient (Wildman–Crippen LogP) is 0.0819. The van der Waals surface area contributed by atoms with Crippen LogP contribution >= 0.6 is 0 Å². The number of carbonyl (C=O) groups excluding carboxylic acids is 1. The zero-order valence-corrected chi connectivity index (χ0v) is 13.8. The maximum atomic E-state index is 11.9. The van der Waals surface area contributed by atoms with Crippen LogP contribution in [0.2, 0.25) is 0 Å². The van der Waals surface area contributed by atoms with Crippen molar-refractivity contribution >= 4 is 11.7 Å². The number of urea groups is 1. The molecule has 25 heavy (non-hydrogen) atoms. The van der Waals surface area contributed by atoms with Gasteiger partial charge in [-0.25, -0.2) is 4.79 Å². The number of hydrogen-bond acceptors (Lipinski definition) is 6. The molecule has 0 radical (unpaired) electrons. The van der Waals surface area contributed by atoms with E-state index in [4.69, 9.17) is 4.74 Å². The molecule has 1 aliphatic heterocycles. The van der Waals surface area contributed by atoms with Crippen LogP contribution < -0.4 is 10.6 Å². The minimum Gasteiger partial charge on any atom is -0.390 e. The molecule has 0 aliphatic carbocycles. The Morgan fingerprint density at radius 3 is 2.56 bits per heavy atom. The quantitative estimate of drug-likeness (QED) is 0.684. The largest absolute Gasteiger partial charge is 0.390 e. The molecule has 0 saturated carbocycles. The van der Waals surface area contributed by atoms with E-state index in [0.29, 0.717) is 25.4 Å². The van der Waals surface area contributed by atoms with E-state index in [0.717, 1.165) is 18.8 Å². The number of aromatic nitrogens is 3. The Hall–Kier alpha value is -2.49. The summed E-state index contributed by atoms with van der Waals surface area (Å²) in [7, 11) is 0. The van der Waals surface area contributed by atoms with Gasteiger partial charge in [-0.2, -0.15) is 15.0 Å². The summed E-state index contributed by atoms with van der Waals surface area (Å²) >= 11 is 0. The summed E-state index contributed by atoms with van der Waals surface area (Å²) in [6, 6.07) is 6.79. The minimum atomic E-state index is -0.614. The Kier molecular flexibility index (Phi) is 5.94. The second-order valence-electron chi connectivity index (χ2n) is 5.77. The first-order valence-corrected chi connectivity index (χ1v) is 8.20. The molecular weight excluding hydrogens is 324 g/mol. The van der Waals surface area contributed by atoms with Crippen LogP contribution in [0.5, 0.6) is 0 Å². The molecule has 3 rings (SSSR count). The summed E-state index contributed by atoms with van der Waals surface area (Å²) in [6.45, 7) is 3.70. The van der Waals surface area contributed by atoms with Crippen molar-refractivity contribution in [1.29, 1.82) is 0 Å². The number of ether oxygens (including phenoxy) is 1. The van der Waals surface area contributed by atoms with Crippen LogP contribution in [0.25, 0.3) is 5.69 Å². The molecule has 9 nitrogen and oxygen atoms in total. The number of amides is 2. The van der Waals surface area contributed by atoms with E-state index in [9.17, 15) is 9.90 Å². The molecule has 9 heteroatoms. The summed E-state index contributed by atoms with van der Waals surface area (Å²) in [5.41, 5.74) is 1.45. The van der Waals surface area contributed by atoms with Gasteiger partial charge in [-0.15, -0.1) is 0 Å². The van der Waals surface area contributed by atoms with Gasteiger partial charge in [0.05, 0.1) is 37.4 Å². The fourth-order valence-electron chi connectivity index (χ4n) is 2.56. The van der Waals surface area contributed by atoms with Gasteiger partial charge in [0, 0.05) is 31.9 Å². The summed E-state index contributed by atoms with van der Waals surface area (Å²) in [5, 5.41) is 23.5. The fourth-order valence-corrected chi connectivity index (χ4v) is 2.56. The molecule has 1 fully saturated rings. The van der Waals surface area contributed by atoms with Crippen LogP contribution in [0.1, 0.15) is 0 Å². The van der Waals surface area contributed by atoms with E-state index < -0.39 is 6.10 Å². The van der Waals surface area contributed by atoms with E-state index in [1.807, 2.05) is 12.1 Å². The number of anilines is 1. The van der Waals surface area contributed by atoms with Crippen molar-refractivity contribution in [2.24, 2.45) is 0 Å². The first kappa shape index (κ1) is 17.3. The van der Waals surface area contributed by atoms with Gasteiger partial charge in [-0.05, 0) is 24.3 Å². The highest BCUT2D eigenvalue weighted by Crippen LogP contribution is 2.11. The summed E-state index contributed by atoms with van der Waals surface area (Å²) < 4.78 is 5.27. The number of β-amino-alcohol motifs (C(OH)–C–C–N with tert-alkyl or cyclic N) is 1. The van der Waals surface area contributed by atoms with Crippen molar-refractivity contribution in [3.8, 4) is 5.69 Å². The Labute approximate surface area is 145 Å². The van der Waals surface area contributed by atoms with Crippen LogP contribution in [0, 0.1) is 0 Å². The molecule has 2 heterocycles. The van der Waals surface area contributed by atoms with Crippen molar-refractivity contribution in [2.75, 3.05) is 44.7 Å². The first-order valence-electron chi connectivity index (χ1n) is 8.20. The monoisotopic (exact) mass is 346 g/mol. The van der Waals surface area contributed by atoms with E-state index in [2.05, 4.69) is 25.7 Å². The predicted molar refractivity (Wildman–Crippen MR) is 91.6 cm³/mol. The molecule has 134 valence electrons. The number of carbonyl (C=O) groups is 1. The van der Waals surface area contributed by atoms with Gasteiger partial charge in [-0.1, -0.05) is 0 Å². The molecule has 0 spiro atoms. The molecule has 0 bridgehead atoms. The molecule has 1 aliphatic rings. The average molecular weight is 346 g/mol. The van der Waals surface area contributed by atoms with Crippen LogP contribution in [0.3, 0.4) is 0 Å². The third-order valence-corrected chi connectivity index (χ3v) is 3.85. The van der Waals surface area contributed by atoms with Gasteiger partial charge in [0.1, 0.15) is 0 Å². The highest BCUT2D eigenvalue weighted by atomic mass is 16.5. The van der Waals surface area contributed by atoms with Gasteiger partial charge < -0.3 is 20.5 Å². The maximum Gasteiger partial charge on any atom is 0.319 e. The van der Waals surface area contributed by atoms with Crippen molar-refractivity contribution in [3.05, 3.63) is 36.7 Å². The fraction of sp³-hybridized carbons (Fsp3) is 0.438. The SMILES string of the molecule is O=C(NC[C@@H](O)CN1CCOCC1)Nc1ccc(-n2nccn2)cc1. The Morgan fingerprint density at radius 2 is 1.88 bits per heavy atom. The number of morpholine rings is 1. The lowest BCUT2D eigenvalue weighted by Crippen LogP contribution is -2.45. The second kappa shape index (κ2) is 8.56. The number of nitrogens with zero attached hydrogens (tertiary/aromatic N) is 4. The number of nitrogens with one attached hydrogen (secondary N) is 2. The van der Waals surface area contributed by atoms with Crippen LogP contribution in [-0.4, -0.2) is 76.5 Å². The second-order valence-corrected chi connectivity index (χ2v) is 5.77. The van der Waals surface area contributed by atoms with Crippen LogP contribution in [0.15, 0.2) is 36.7 Å². The lowest BCUT2D eigenvalue weighted by Gasteiger charge is -2.28.